The van der Waals surface area contributed by atoms with Crippen LogP contribution in [-0.2, 0) is 11.2 Å². The smallest absolute Gasteiger partial charge is 0.260 e. The van der Waals surface area contributed by atoms with Gasteiger partial charge in [0.15, 0.2) is 12.4 Å². The van der Waals surface area contributed by atoms with Gasteiger partial charge in [0.2, 0.25) is 0 Å². The third kappa shape index (κ3) is 6.09. The summed E-state index contributed by atoms with van der Waals surface area (Å²) in [5.74, 6) is 2.33. The minimum absolute atomic E-state index is 0.00580. The van der Waals surface area contributed by atoms with E-state index >= 15 is 0 Å². The molecule has 6 nitrogen and oxygen atoms in total. The summed E-state index contributed by atoms with van der Waals surface area (Å²) in [6.45, 7) is 4.69. The van der Waals surface area contributed by atoms with E-state index in [9.17, 15) is 4.79 Å². The van der Waals surface area contributed by atoms with Crippen molar-refractivity contribution < 1.29 is 9.53 Å². The van der Waals surface area contributed by atoms with E-state index in [2.05, 4.69) is 4.90 Å². The lowest BCUT2D eigenvalue weighted by Gasteiger charge is -2.36. The number of piperazine rings is 1. The fraction of sp³-hybridized carbons (Fsp3) is 0.233. The number of halogens is 1. The second-order valence-electron chi connectivity index (χ2n) is 9.07. The molecule has 5 rings (SSSR count). The Labute approximate surface area is 222 Å². The van der Waals surface area contributed by atoms with Crippen molar-refractivity contribution in [1.82, 2.24) is 14.9 Å². The molecule has 0 radical (unpaired) electrons. The van der Waals surface area contributed by atoms with Crippen molar-refractivity contribution in [2.75, 3.05) is 37.7 Å². The molecule has 1 aromatic heterocycles. The number of benzene rings is 3. The van der Waals surface area contributed by atoms with Gasteiger partial charge in [-0.25, -0.2) is 9.97 Å². The van der Waals surface area contributed by atoms with Crippen molar-refractivity contribution in [2.45, 2.75) is 13.3 Å². The quantitative estimate of drug-likeness (QED) is 0.331. The Hall–Kier alpha value is -3.90. The van der Waals surface area contributed by atoms with Crippen LogP contribution in [0.5, 0.6) is 5.75 Å². The Kier molecular flexibility index (Phi) is 7.66. The van der Waals surface area contributed by atoms with Crippen LogP contribution in [0.25, 0.3) is 11.4 Å². The maximum absolute atomic E-state index is 12.8. The summed E-state index contributed by atoms with van der Waals surface area (Å²) in [7, 11) is 0. The average molecular weight is 513 g/mol. The monoisotopic (exact) mass is 512 g/mol. The van der Waals surface area contributed by atoms with Crippen molar-refractivity contribution >= 4 is 23.3 Å². The summed E-state index contributed by atoms with van der Waals surface area (Å²) in [6, 6.07) is 27.4. The van der Waals surface area contributed by atoms with Crippen LogP contribution in [0, 0.1) is 6.92 Å². The largest absolute Gasteiger partial charge is 0.484 e. The molecule has 0 saturated carbocycles. The highest BCUT2D eigenvalue weighted by atomic mass is 35.5. The topological polar surface area (TPSA) is 58.6 Å². The summed E-state index contributed by atoms with van der Waals surface area (Å²) in [5.41, 5.74) is 4.18. The number of carbonyl (C=O) groups is 1. The van der Waals surface area contributed by atoms with E-state index in [1.165, 1.54) is 0 Å². The van der Waals surface area contributed by atoms with Gasteiger partial charge in [0.05, 0.1) is 0 Å². The first kappa shape index (κ1) is 24.8. The van der Waals surface area contributed by atoms with Crippen LogP contribution < -0.4 is 9.64 Å². The zero-order chi connectivity index (χ0) is 25.6. The molecule has 7 heteroatoms. The summed E-state index contributed by atoms with van der Waals surface area (Å²) >= 11 is 6.11. The molecule has 1 aliphatic heterocycles. The van der Waals surface area contributed by atoms with Crippen LogP contribution in [0.2, 0.25) is 5.02 Å². The molecule has 4 aromatic rings. The van der Waals surface area contributed by atoms with Crippen molar-refractivity contribution in [3.05, 3.63) is 107 Å². The maximum atomic E-state index is 12.8. The fourth-order valence-corrected chi connectivity index (χ4v) is 4.62. The van der Waals surface area contributed by atoms with Crippen LogP contribution in [0.3, 0.4) is 0 Å². The lowest BCUT2D eigenvalue weighted by molar-refractivity contribution is -0.133. The van der Waals surface area contributed by atoms with Crippen molar-refractivity contribution in [3.8, 4) is 17.1 Å². The van der Waals surface area contributed by atoms with Gasteiger partial charge in [-0.05, 0) is 36.8 Å². The van der Waals surface area contributed by atoms with Gasteiger partial charge >= 0.3 is 0 Å². The summed E-state index contributed by atoms with van der Waals surface area (Å²) in [6.07, 6.45) is 0.706. The Bertz CT molecular complexity index is 1340. The number of aromatic nitrogens is 2. The Morgan fingerprint density at radius 1 is 0.865 bits per heavy atom. The van der Waals surface area contributed by atoms with E-state index in [-0.39, 0.29) is 12.5 Å². The van der Waals surface area contributed by atoms with Crippen LogP contribution in [0.15, 0.2) is 84.9 Å². The minimum atomic E-state index is -0.00580. The first-order valence-electron chi connectivity index (χ1n) is 12.4. The lowest BCUT2D eigenvalue weighted by Crippen LogP contribution is -2.50. The van der Waals surface area contributed by atoms with Gasteiger partial charge in [-0.15, -0.1) is 0 Å². The summed E-state index contributed by atoms with van der Waals surface area (Å²) < 4.78 is 5.67. The summed E-state index contributed by atoms with van der Waals surface area (Å²) in [5, 5.41) is 0.716. The highest BCUT2D eigenvalue weighted by Gasteiger charge is 2.25. The average Bonchev–Trinajstić information content (AvgIpc) is 2.95. The first-order chi connectivity index (χ1) is 18.1. The maximum Gasteiger partial charge on any atom is 0.260 e. The fourth-order valence-electron chi connectivity index (χ4n) is 4.49. The molecule has 1 amide bonds. The molecule has 37 heavy (non-hydrogen) atoms. The van der Waals surface area contributed by atoms with Crippen LogP contribution in [-0.4, -0.2) is 53.6 Å². The number of hydrogen-bond donors (Lipinski definition) is 0. The molecule has 0 aliphatic carbocycles. The van der Waals surface area contributed by atoms with E-state index in [0.29, 0.717) is 49.2 Å². The third-order valence-electron chi connectivity index (χ3n) is 6.56. The number of nitrogens with zero attached hydrogens (tertiary/aromatic N) is 4. The first-order valence-corrected chi connectivity index (χ1v) is 12.8. The number of rotatable bonds is 7. The number of hydrogen-bond acceptors (Lipinski definition) is 5. The molecule has 0 spiro atoms. The Morgan fingerprint density at radius 3 is 2.19 bits per heavy atom. The standard InChI is InChI=1S/C30H29ClN4O2/c1-22-27(20-23-12-14-25(31)15-13-23)30(33-29(32-22)24-8-4-2-5-9-24)35-18-16-34(17-19-35)28(36)21-37-26-10-6-3-7-11-26/h2-15H,16-21H2,1H3. The SMILES string of the molecule is Cc1nc(-c2ccccc2)nc(N2CCN(C(=O)COc3ccccc3)CC2)c1Cc1ccc(Cl)cc1. The highest BCUT2D eigenvalue weighted by Crippen LogP contribution is 2.28. The summed E-state index contributed by atoms with van der Waals surface area (Å²) in [4.78, 5) is 26.8. The third-order valence-corrected chi connectivity index (χ3v) is 6.81. The number of anilines is 1. The van der Waals surface area contributed by atoms with E-state index in [4.69, 9.17) is 26.3 Å². The molecule has 1 saturated heterocycles. The van der Waals surface area contributed by atoms with Gasteiger partial charge in [0, 0.05) is 54.4 Å². The molecule has 188 valence electrons. The van der Waals surface area contributed by atoms with Gasteiger partial charge < -0.3 is 14.5 Å². The van der Waals surface area contributed by atoms with E-state index in [1.807, 2.05) is 96.8 Å². The van der Waals surface area contributed by atoms with E-state index in [1.54, 1.807) is 0 Å². The van der Waals surface area contributed by atoms with Crippen LogP contribution >= 0.6 is 11.6 Å². The van der Waals surface area contributed by atoms with Crippen molar-refractivity contribution in [1.29, 1.82) is 0 Å². The van der Waals surface area contributed by atoms with Crippen LogP contribution in [0.4, 0.5) is 5.82 Å². The molecule has 3 aromatic carbocycles. The normalized spacial score (nSPS) is 13.5. The number of amides is 1. The predicted molar refractivity (Wildman–Crippen MR) is 147 cm³/mol. The van der Waals surface area contributed by atoms with Gasteiger partial charge in [0.1, 0.15) is 11.6 Å². The number of aryl methyl sites for hydroxylation is 1. The van der Waals surface area contributed by atoms with Crippen LogP contribution in [0.1, 0.15) is 16.8 Å². The molecule has 1 fully saturated rings. The number of para-hydroxylation sites is 1. The number of ether oxygens (including phenoxy) is 1. The van der Waals surface area contributed by atoms with E-state index in [0.717, 1.165) is 28.2 Å². The van der Waals surface area contributed by atoms with Gasteiger partial charge in [0.25, 0.3) is 5.91 Å². The van der Waals surface area contributed by atoms with Gasteiger partial charge in [-0.3, -0.25) is 4.79 Å². The number of carbonyl (C=O) groups excluding carboxylic acids is 1. The lowest BCUT2D eigenvalue weighted by atomic mass is 10.0. The van der Waals surface area contributed by atoms with Gasteiger partial charge in [-0.2, -0.15) is 0 Å². The zero-order valence-corrected chi connectivity index (χ0v) is 21.6. The van der Waals surface area contributed by atoms with Gasteiger partial charge in [-0.1, -0.05) is 72.3 Å². The molecule has 0 unspecified atom stereocenters. The minimum Gasteiger partial charge on any atom is -0.484 e. The van der Waals surface area contributed by atoms with Crippen molar-refractivity contribution in [3.63, 3.8) is 0 Å². The second kappa shape index (κ2) is 11.4. The highest BCUT2D eigenvalue weighted by molar-refractivity contribution is 6.30. The molecule has 0 bridgehead atoms. The molecule has 0 atom stereocenters. The van der Waals surface area contributed by atoms with E-state index < -0.39 is 0 Å². The molecular weight excluding hydrogens is 484 g/mol. The Balaban J connectivity index is 1.35. The molecular formula is C30H29ClN4O2. The molecule has 2 heterocycles. The Morgan fingerprint density at radius 2 is 1.51 bits per heavy atom. The molecule has 0 N–H and O–H groups in total. The second-order valence-corrected chi connectivity index (χ2v) is 9.51. The zero-order valence-electron chi connectivity index (χ0n) is 20.8. The van der Waals surface area contributed by atoms with Crippen molar-refractivity contribution in [2.24, 2.45) is 0 Å². The molecule has 1 aliphatic rings. The predicted octanol–water partition coefficient (Wildman–Crippen LogP) is 5.42.